The van der Waals surface area contributed by atoms with Crippen LogP contribution >= 0.6 is 0 Å². The standard InChI is InChI=1S/C11H20N2O/c1-11(2,9-12)4-6-13-5-3-10(7-13)8-14/h10,14H,3-8H2,1-2H3. The molecule has 1 heterocycles. The fourth-order valence-electron chi connectivity index (χ4n) is 1.76. The van der Waals surface area contributed by atoms with E-state index < -0.39 is 0 Å². The molecular formula is C11H20N2O. The summed E-state index contributed by atoms with van der Waals surface area (Å²) in [5.41, 5.74) is -0.211. The highest BCUT2D eigenvalue weighted by Crippen LogP contribution is 2.22. The Morgan fingerprint density at radius 3 is 2.79 bits per heavy atom. The lowest BCUT2D eigenvalue weighted by molar-refractivity contribution is 0.216. The van der Waals surface area contributed by atoms with Gasteiger partial charge in [-0.15, -0.1) is 0 Å². The fourth-order valence-corrected chi connectivity index (χ4v) is 1.76. The maximum absolute atomic E-state index is 8.98. The summed E-state index contributed by atoms with van der Waals surface area (Å²) in [6.07, 6.45) is 2.02. The maximum Gasteiger partial charge on any atom is 0.0684 e. The minimum Gasteiger partial charge on any atom is -0.396 e. The molecule has 0 aromatic heterocycles. The normalized spacial score (nSPS) is 23.7. The summed E-state index contributed by atoms with van der Waals surface area (Å²) in [6, 6.07) is 2.31. The monoisotopic (exact) mass is 196 g/mol. The van der Waals surface area contributed by atoms with Crippen molar-refractivity contribution in [2.24, 2.45) is 11.3 Å². The van der Waals surface area contributed by atoms with E-state index in [1.807, 2.05) is 13.8 Å². The molecule has 1 aliphatic rings. The smallest absolute Gasteiger partial charge is 0.0684 e. The van der Waals surface area contributed by atoms with Crippen LogP contribution in [0.4, 0.5) is 0 Å². The van der Waals surface area contributed by atoms with E-state index in [2.05, 4.69) is 11.0 Å². The van der Waals surface area contributed by atoms with Crippen molar-refractivity contribution in [2.75, 3.05) is 26.2 Å². The first-order valence-electron chi connectivity index (χ1n) is 5.32. The second-order valence-corrected chi connectivity index (χ2v) is 4.88. The minimum atomic E-state index is -0.211. The molecule has 0 spiro atoms. The second kappa shape index (κ2) is 4.77. The number of hydrogen-bond donors (Lipinski definition) is 1. The van der Waals surface area contributed by atoms with Crippen LogP contribution in [-0.2, 0) is 0 Å². The van der Waals surface area contributed by atoms with Crippen molar-refractivity contribution in [3.05, 3.63) is 0 Å². The Kier molecular flexibility index (Phi) is 3.91. The summed E-state index contributed by atoms with van der Waals surface area (Å²) in [4.78, 5) is 2.35. The van der Waals surface area contributed by atoms with Gasteiger partial charge in [-0.1, -0.05) is 0 Å². The van der Waals surface area contributed by atoms with Crippen LogP contribution in [0.5, 0.6) is 0 Å². The SMILES string of the molecule is CC(C)(C#N)CCN1CCC(CO)C1. The van der Waals surface area contributed by atoms with E-state index in [1.165, 1.54) is 0 Å². The van der Waals surface area contributed by atoms with Gasteiger partial charge in [0.2, 0.25) is 0 Å². The summed E-state index contributed by atoms with van der Waals surface area (Å²) < 4.78 is 0. The molecular weight excluding hydrogens is 176 g/mol. The highest BCUT2D eigenvalue weighted by atomic mass is 16.3. The van der Waals surface area contributed by atoms with Crippen LogP contribution in [0.2, 0.25) is 0 Å². The molecule has 1 rings (SSSR count). The number of likely N-dealkylation sites (tertiary alicyclic amines) is 1. The number of nitriles is 1. The lowest BCUT2D eigenvalue weighted by atomic mass is 9.91. The van der Waals surface area contributed by atoms with Gasteiger partial charge < -0.3 is 10.0 Å². The average molecular weight is 196 g/mol. The van der Waals surface area contributed by atoms with Gasteiger partial charge in [0.15, 0.2) is 0 Å². The van der Waals surface area contributed by atoms with Gasteiger partial charge >= 0.3 is 0 Å². The van der Waals surface area contributed by atoms with Gasteiger partial charge in [-0.2, -0.15) is 5.26 Å². The predicted octanol–water partition coefficient (Wildman–Crippen LogP) is 1.24. The Morgan fingerprint density at radius 1 is 1.57 bits per heavy atom. The Labute approximate surface area is 86.3 Å². The second-order valence-electron chi connectivity index (χ2n) is 4.88. The third-order valence-electron chi connectivity index (χ3n) is 2.98. The van der Waals surface area contributed by atoms with Crippen molar-refractivity contribution >= 4 is 0 Å². The molecule has 1 atom stereocenters. The molecule has 3 heteroatoms. The molecule has 0 saturated carbocycles. The molecule has 1 saturated heterocycles. The van der Waals surface area contributed by atoms with E-state index in [1.54, 1.807) is 0 Å². The first kappa shape index (κ1) is 11.5. The molecule has 1 fully saturated rings. The minimum absolute atomic E-state index is 0.211. The van der Waals surface area contributed by atoms with E-state index in [4.69, 9.17) is 10.4 Å². The zero-order chi connectivity index (χ0) is 10.6. The third kappa shape index (κ3) is 3.28. The summed E-state index contributed by atoms with van der Waals surface area (Å²) in [6.45, 7) is 7.32. The quantitative estimate of drug-likeness (QED) is 0.736. The van der Waals surface area contributed by atoms with Crippen LogP contribution in [-0.4, -0.2) is 36.2 Å². The number of hydrogen-bond acceptors (Lipinski definition) is 3. The van der Waals surface area contributed by atoms with Gasteiger partial charge in [0, 0.05) is 13.2 Å². The van der Waals surface area contributed by atoms with Crippen molar-refractivity contribution in [1.82, 2.24) is 4.90 Å². The van der Waals surface area contributed by atoms with Crippen LogP contribution in [0, 0.1) is 22.7 Å². The van der Waals surface area contributed by atoms with Gasteiger partial charge in [-0.05, 0) is 45.7 Å². The highest BCUT2D eigenvalue weighted by molar-refractivity contribution is 4.92. The van der Waals surface area contributed by atoms with Gasteiger partial charge in [-0.3, -0.25) is 0 Å². The molecule has 1 aliphatic heterocycles. The first-order chi connectivity index (χ1) is 6.57. The number of rotatable bonds is 4. The molecule has 0 radical (unpaired) electrons. The molecule has 3 nitrogen and oxygen atoms in total. The Balaban J connectivity index is 2.24. The van der Waals surface area contributed by atoms with E-state index in [-0.39, 0.29) is 5.41 Å². The van der Waals surface area contributed by atoms with Crippen LogP contribution in [0.1, 0.15) is 26.7 Å². The fraction of sp³-hybridized carbons (Fsp3) is 0.909. The summed E-state index contributed by atoms with van der Waals surface area (Å²) in [5.74, 6) is 0.459. The lowest BCUT2D eigenvalue weighted by Crippen LogP contribution is -2.26. The van der Waals surface area contributed by atoms with Gasteiger partial charge in [0.25, 0.3) is 0 Å². The molecule has 0 bridgehead atoms. The molecule has 1 unspecified atom stereocenters. The first-order valence-corrected chi connectivity index (χ1v) is 5.32. The molecule has 0 aliphatic carbocycles. The molecule has 14 heavy (non-hydrogen) atoms. The van der Waals surface area contributed by atoms with Crippen molar-refractivity contribution in [3.8, 4) is 6.07 Å². The van der Waals surface area contributed by atoms with E-state index >= 15 is 0 Å². The van der Waals surface area contributed by atoms with Crippen LogP contribution in [0.3, 0.4) is 0 Å². The lowest BCUT2D eigenvalue weighted by Gasteiger charge is -2.21. The van der Waals surface area contributed by atoms with E-state index in [9.17, 15) is 0 Å². The number of aliphatic hydroxyl groups excluding tert-OH is 1. The van der Waals surface area contributed by atoms with E-state index in [0.29, 0.717) is 12.5 Å². The largest absolute Gasteiger partial charge is 0.396 e. The van der Waals surface area contributed by atoms with Gasteiger partial charge in [0.1, 0.15) is 0 Å². The zero-order valence-electron chi connectivity index (χ0n) is 9.16. The maximum atomic E-state index is 8.98. The van der Waals surface area contributed by atoms with Crippen molar-refractivity contribution in [2.45, 2.75) is 26.7 Å². The van der Waals surface area contributed by atoms with Gasteiger partial charge in [-0.25, -0.2) is 0 Å². The van der Waals surface area contributed by atoms with Crippen molar-refractivity contribution in [1.29, 1.82) is 5.26 Å². The third-order valence-corrected chi connectivity index (χ3v) is 2.98. The topological polar surface area (TPSA) is 47.3 Å². The molecule has 0 amide bonds. The summed E-state index contributed by atoms with van der Waals surface area (Å²) in [7, 11) is 0. The van der Waals surface area contributed by atoms with Crippen LogP contribution in [0.15, 0.2) is 0 Å². The van der Waals surface area contributed by atoms with Crippen molar-refractivity contribution in [3.63, 3.8) is 0 Å². The van der Waals surface area contributed by atoms with Crippen LogP contribution in [0.25, 0.3) is 0 Å². The molecule has 80 valence electrons. The van der Waals surface area contributed by atoms with Crippen LogP contribution < -0.4 is 0 Å². The average Bonchev–Trinajstić information content (AvgIpc) is 2.63. The number of nitrogens with zero attached hydrogens (tertiary/aromatic N) is 2. The molecule has 0 aromatic carbocycles. The summed E-state index contributed by atoms with van der Waals surface area (Å²) >= 11 is 0. The zero-order valence-corrected chi connectivity index (χ0v) is 9.16. The van der Waals surface area contributed by atoms with E-state index in [0.717, 1.165) is 32.5 Å². The number of aliphatic hydroxyl groups is 1. The Morgan fingerprint density at radius 2 is 2.29 bits per heavy atom. The summed E-state index contributed by atoms with van der Waals surface area (Å²) in [5, 5.41) is 17.8. The predicted molar refractivity (Wildman–Crippen MR) is 55.6 cm³/mol. The Bertz CT molecular complexity index is 220. The molecule has 0 aromatic rings. The molecule has 1 N–H and O–H groups in total. The van der Waals surface area contributed by atoms with Gasteiger partial charge in [0.05, 0.1) is 11.5 Å². The van der Waals surface area contributed by atoms with Crippen molar-refractivity contribution < 1.29 is 5.11 Å². The Hall–Kier alpha value is -0.590. The highest BCUT2D eigenvalue weighted by Gasteiger charge is 2.24.